The second kappa shape index (κ2) is 9.03. The molecule has 0 N–H and O–H groups in total. The van der Waals surface area contributed by atoms with Gasteiger partial charge in [-0.25, -0.2) is 4.79 Å². The number of non-ortho nitro benzene ring substituents is 1. The number of carbonyl (C=O) groups excluding carboxylic acids is 1. The molecule has 3 aromatic rings. The van der Waals surface area contributed by atoms with Crippen LogP contribution in [0.15, 0.2) is 66.7 Å². The molecule has 0 spiro atoms. The molecule has 0 fully saturated rings. The quantitative estimate of drug-likeness (QED) is 0.173. The van der Waals surface area contributed by atoms with Crippen molar-refractivity contribution in [2.45, 2.75) is 0 Å². The lowest BCUT2D eigenvalue weighted by Crippen LogP contribution is -2.10. The maximum absolute atomic E-state index is 12.4. The third kappa shape index (κ3) is 5.00. The largest absolute Gasteiger partial charge is 0.493 e. The molecular formula is C22H16ClNO5. The maximum Gasteiger partial charge on any atom is 0.345 e. The minimum absolute atomic E-state index is 0.0207. The molecule has 0 radical (unpaired) electrons. The van der Waals surface area contributed by atoms with Crippen LogP contribution < -0.4 is 9.47 Å². The van der Waals surface area contributed by atoms with Crippen LogP contribution in [-0.2, 0) is 0 Å². The van der Waals surface area contributed by atoms with E-state index in [1.165, 1.54) is 19.2 Å². The molecule has 0 heterocycles. The summed E-state index contributed by atoms with van der Waals surface area (Å²) >= 11 is 5.99. The summed E-state index contributed by atoms with van der Waals surface area (Å²) in [5.74, 6) is -0.161. The fourth-order valence-corrected chi connectivity index (χ4v) is 2.82. The molecule has 0 atom stereocenters. The van der Waals surface area contributed by atoms with Gasteiger partial charge in [0.15, 0.2) is 11.5 Å². The van der Waals surface area contributed by atoms with Crippen LogP contribution in [0, 0.1) is 10.1 Å². The zero-order valence-corrected chi connectivity index (χ0v) is 16.1. The summed E-state index contributed by atoms with van der Waals surface area (Å²) in [6, 6.07) is 18.5. The highest BCUT2D eigenvalue weighted by Crippen LogP contribution is 2.31. The molecule has 146 valence electrons. The normalized spacial score (nSPS) is 10.7. The van der Waals surface area contributed by atoms with E-state index in [0.29, 0.717) is 5.75 Å². The van der Waals surface area contributed by atoms with Crippen LogP contribution in [0.2, 0.25) is 5.02 Å². The summed E-state index contributed by atoms with van der Waals surface area (Å²) in [4.78, 5) is 22.6. The lowest BCUT2D eigenvalue weighted by Gasteiger charge is -2.10. The Morgan fingerprint density at radius 2 is 1.69 bits per heavy atom. The minimum atomic E-state index is -0.740. The fourth-order valence-electron chi connectivity index (χ4n) is 2.57. The highest BCUT2D eigenvalue weighted by Gasteiger charge is 2.18. The molecule has 7 heteroatoms. The van der Waals surface area contributed by atoms with E-state index >= 15 is 0 Å². The Balaban J connectivity index is 1.79. The first-order valence-electron chi connectivity index (χ1n) is 8.55. The minimum Gasteiger partial charge on any atom is -0.493 e. The Hall–Kier alpha value is -3.64. The van der Waals surface area contributed by atoms with Gasteiger partial charge in [0.2, 0.25) is 0 Å². The Labute approximate surface area is 172 Å². The van der Waals surface area contributed by atoms with E-state index < -0.39 is 10.9 Å². The summed E-state index contributed by atoms with van der Waals surface area (Å²) in [6.07, 6.45) is 3.87. The van der Waals surface area contributed by atoms with Crippen molar-refractivity contribution in [1.82, 2.24) is 0 Å². The molecule has 29 heavy (non-hydrogen) atoms. The van der Waals surface area contributed by atoms with E-state index in [-0.39, 0.29) is 22.0 Å². The van der Waals surface area contributed by atoms with Crippen LogP contribution >= 0.6 is 11.6 Å². The SMILES string of the molecule is COc1cc(/C=C/c2ccccc2)ccc1OC(=O)c1ccc([N+](=O)[O-])cc1Cl. The third-order valence-corrected chi connectivity index (χ3v) is 4.35. The van der Waals surface area contributed by atoms with Crippen molar-refractivity contribution in [3.05, 3.63) is 98.6 Å². The number of methoxy groups -OCH3 is 1. The van der Waals surface area contributed by atoms with E-state index in [2.05, 4.69) is 0 Å². The van der Waals surface area contributed by atoms with Crippen molar-refractivity contribution >= 4 is 35.4 Å². The van der Waals surface area contributed by atoms with E-state index in [9.17, 15) is 14.9 Å². The number of nitro groups is 1. The summed E-state index contributed by atoms with van der Waals surface area (Å²) in [5.41, 5.74) is 1.72. The number of esters is 1. The molecule has 0 amide bonds. The van der Waals surface area contributed by atoms with Crippen molar-refractivity contribution in [1.29, 1.82) is 0 Å². The highest BCUT2D eigenvalue weighted by molar-refractivity contribution is 6.33. The average molecular weight is 410 g/mol. The van der Waals surface area contributed by atoms with Crippen LogP contribution in [0.4, 0.5) is 5.69 Å². The first-order chi connectivity index (χ1) is 14.0. The Kier molecular flexibility index (Phi) is 6.26. The second-order valence-electron chi connectivity index (χ2n) is 5.97. The fraction of sp³-hybridized carbons (Fsp3) is 0.0455. The van der Waals surface area contributed by atoms with Crippen LogP contribution in [0.5, 0.6) is 11.5 Å². The van der Waals surface area contributed by atoms with Crippen molar-refractivity contribution in [2.24, 2.45) is 0 Å². The van der Waals surface area contributed by atoms with Gasteiger partial charge in [-0.1, -0.05) is 60.2 Å². The Morgan fingerprint density at radius 3 is 2.34 bits per heavy atom. The van der Waals surface area contributed by atoms with Gasteiger partial charge in [-0.2, -0.15) is 0 Å². The molecule has 3 aromatic carbocycles. The number of ether oxygens (including phenoxy) is 2. The van der Waals surface area contributed by atoms with Gasteiger partial charge in [-0.15, -0.1) is 0 Å². The monoisotopic (exact) mass is 409 g/mol. The first-order valence-corrected chi connectivity index (χ1v) is 8.93. The first kappa shape index (κ1) is 20.1. The summed E-state index contributed by atoms with van der Waals surface area (Å²) in [6.45, 7) is 0. The number of nitro benzene ring substituents is 1. The maximum atomic E-state index is 12.4. The van der Waals surface area contributed by atoms with E-state index in [1.807, 2.05) is 42.5 Å². The summed E-state index contributed by atoms with van der Waals surface area (Å²) in [7, 11) is 1.47. The van der Waals surface area contributed by atoms with Gasteiger partial charge >= 0.3 is 5.97 Å². The number of halogens is 1. The second-order valence-corrected chi connectivity index (χ2v) is 6.37. The van der Waals surface area contributed by atoms with Gasteiger partial charge in [0.25, 0.3) is 5.69 Å². The lowest BCUT2D eigenvalue weighted by molar-refractivity contribution is -0.384. The van der Waals surface area contributed by atoms with Crippen LogP contribution in [-0.4, -0.2) is 18.0 Å². The number of hydrogen-bond donors (Lipinski definition) is 0. The van der Waals surface area contributed by atoms with Crippen molar-refractivity contribution in [3.63, 3.8) is 0 Å². The molecule has 0 aliphatic heterocycles. The molecule has 0 bridgehead atoms. The van der Waals surface area contributed by atoms with Crippen molar-refractivity contribution < 1.29 is 19.2 Å². The third-order valence-electron chi connectivity index (χ3n) is 4.04. The highest BCUT2D eigenvalue weighted by atomic mass is 35.5. The molecule has 0 aliphatic carbocycles. The van der Waals surface area contributed by atoms with Gasteiger partial charge in [-0.05, 0) is 29.3 Å². The molecule has 0 saturated carbocycles. The zero-order chi connectivity index (χ0) is 20.8. The van der Waals surface area contributed by atoms with Gasteiger partial charge in [0.05, 0.1) is 22.6 Å². The van der Waals surface area contributed by atoms with Gasteiger partial charge in [-0.3, -0.25) is 10.1 Å². The van der Waals surface area contributed by atoms with Gasteiger partial charge < -0.3 is 9.47 Å². The van der Waals surface area contributed by atoms with Crippen LogP contribution in [0.25, 0.3) is 12.2 Å². The number of rotatable bonds is 6. The van der Waals surface area contributed by atoms with E-state index in [0.717, 1.165) is 17.2 Å². The topological polar surface area (TPSA) is 78.7 Å². The molecule has 3 rings (SSSR count). The zero-order valence-electron chi connectivity index (χ0n) is 15.4. The van der Waals surface area contributed by atoms with Gasteiger partial charge in [0.1, 0.15) is 0 Å². The molecule has 0 saturated heterocycles. The van der Waals surface area contributed by atoms with E-state index in [1.54, 1.807) is 18.2 Å². The predicted molar refractivity (Wildman–Crippen MR) is 111 cm³/mol. The van der Waals surface area contributed by atoms with Crippen LogP contribution in [0.1, 0.15) is 21.5 Å². The van der Waals surface area contributed by atoms with Crippen LogP contribution in [0.3, 0.4) is 0 Å². The molecule has 0 unspecified atom stereocenters. The molecular weight excluding hydrogens is 394 g/mol. The van der Waals surface area contributed by atoms with Crippen molar-refractivity contribution in [2.75, 3.05) is 7.11 Å². The average Bonchev–Trinajstić information content (AvgIpc) is 2.73. The summed E-state index contributed by atoms with van der Waals surface area (Å²) < 4.78 is 10.7. The number of benzene rings is 3. The van der Waals surface area contributed by atoms with Gasteiger partial charge in [0, 0.05) is 12.1 Å². The predicted octanol–water partition coefficient (Wildman–Crippen LogP) is 5.65. The Morgan fingerprint density at radius 1 is 0.966 bits per heavy atom. The molecule has 6 nitrogen and oxygen atoms in total. The Bertz CT molecular complexity index is 1080. The smallest absolute Gasteiger partial charge is 0.345 e. The standard InChI is InChI=1S/C22H16ClNO5/c1-28-21-13-16(8-7-15-5-3-2-4-6-15)9-12-20(21)29-22(25)18-11-10-17(24(26)27)14-19(18)23/h2-14H,1H3/b8-7+. The number of nitrogens with zero attached hydrogens (tertiary/aromatic N) is 1. The molecule has 0 aliphatic rings. The summed E-state index contributed by atoms with van der Waals surface area (Å²) in [5, 5.41) is 10.7. The lowest BCUT2D eigenvalue weighted by atomic mass is 10.1. The van der Waals surface area contributed by atoms with Crippen molar-refractivity contribution in [3.8, 4) is 11.5 Å². The molecule has 0 aromatic heterocycles. The number of hydrogen-bond acceptors (Lipinski definition) is 5. The van der Waals surface area contributed by atoms with E-state index in [4.69, 9.17) is 21.1 Å². The number of carbonyl (C=O) groups is 1.